The van der Waals surface area contributed by atoms with Crippen molar-refractivity contribution in [3.8, 4) is 0 Å². The first-order valence-electron chi connectivity index (χ1n) is 16.7. The minimum Gasteiger partial charge on any atom is -0.466 e. The second kappa shape index (κ2) is 25.9. The molecule has 0 aromatic heterocycles. The van der Waals surface area contributed by atoms with Gasteiger partial charge in [0.1, 0.15) is 6.29 Å². The molecule has 0 bridgehead atoms. The highest BCUT2D eigenvalue weighted by Gasteiger charge is 2.33. The molecule has 5 N–H and O–H groups in total. The molecule has 0 radical (unpaired) electrons. The number of hydrogen-bond acceptors (Lipinski definition) is 11. The molecule has 1 unspecified atom stereocenters. The van der Waals surface area contributed by atoms with E-state index in [0.717, 1.165) is 36.4 Å². The van der Waals surface area contributed by atoms with Crippen molar-refractivity contribution in [3.05, 3.63) is 115 Å². The summed E-state index contributed by atoms with van der Waals surface area (Å²) < 4.78 is 126. The van der Waals surface area contributed by atoms with E-state index >= 15 is 0 Å². The van der Waals surface area contributed by atoms with E-state index in [0.29, 0.717) is 6.29 Å². The molecule has 11 nitrogen and oxygen atoms in total. The second-order valence-corrected chi connectivity index (χ2v) is 12.7. The molecule has 23 heteroatoms. The summed E-state index contributed by atoms with van der Waals surface area (Å²) in [5.74, 6) is -2.29. The summed E-state index contributed by atoms with van der Waals surface area (Å²) in [6.45, 7) is 8.56. The van der Waals surface area contributed by atoms with Gasteiger partial charge in [-0.3, -0.25) is 14.4 Å². The van der Waals surface area contributed by atoms with Crippen LogP contribution < -0.4 is 11.5 Å². The van der Waals surface area contributed by atoms with Gasteiger partial charge >= 0.3 is 36.4 Å². The molecule has 0 heterocycles. The molecule has 0 spiro atoms. The Kier molecular flexibility index (Phi) is 23.9. The van der Waals surface area contributed by atoms with Crippen LogP contribution in [0.5, 0.6) is 0 Å². The maximum atomic E-state index is 12.6. The number of alkyl halides is 9. The summed E-state index contributed by atoms with van der Waals surface area (Å²) in [5, 5.41) is 7.57. The van der Waals surface area contributed by atoms with Crippen molar-refractivity contribution in [1.82, 2.24) is 0 Å². The smallest absolute Gasteiger partial charge is 0.416 e. The van der Waals surface area contributed by atoms with E-state index in [1.165, 1.54) is 18.2 Å². The summed E-state index contributed by atoms with van der Waals surface area (Å²) in [5.41, 5.74) is 8.87. The normalized spacial score (nSPS) is 12.0. The Morgan fingerprint density at radius 3 is 1.27 bits per heavy atom. The first-order valence-corrected chi connectivity index (χ1v) is 17.8. The zero-order valence-corrected chi connectivity index (χ0v) is 33.8. The standard InChI is InChI=1S/2C12H13ClF3NO2.C8H4ClF3O.C5H8O4/c2*1-2-19-11(18)6-10(17)7-3-8(12(14,15)16)5-9(13)4-7;9-7-2-5(4-13)1-6(3-7)8(10,11)12;1-3-8-5(6)4(2)9-7/h2*3-5,10H,2,6,17H2,1H3;1-4H;7H,2-3H2,1H3/t10-;;;/m0.../s1. The lowest BCUT2D eigenvalue weighted by atomic mass is 10.0. The van der Waals surface area contributed by atoms with Gasteiger partial charge < -0.3 is 30.6 Å². The summed E-state index contributed by atoms with van der Waals surface area (Å²) in [7, 11) is 0. The zero-order valence-electron chi connectivity index (χ0n) is 31.6. The summed E-state index contributed by atoms with van der Waals surface area (Å²) in [4.78, 5) is 46.5. The van der Waals surface area contributed by atoms with Crippen molar-refractivity contribution in [3.63, 3.8) is 0 Å². The SMILES string of the molecule is C=C(OO)C(=O)OCC.CCOC(=O)CC(N)c1cc(Cl)cc(C(F)(F)F)c1.CCOC(=O)C[C@H](N)c1cc(Cl)cc(C(F)(F)F)c1.O=Cc1cc(Cl)cc(C(F)(F)F)c1. The van der Waals surface area contributed by atoms with Crippen LogP contribution in [0.2, 0.25) is 15.1 Å². The van der Waals surface area contributed by atoms with Gasteiger partial charge in [0.2, 0.25) is 5.76 Å². The Morgan fingerprint density at radius 1 is 0.633 bits per heavy atom. The Hall–Kier alpha value is -4.60. The quantitative estimate of drug-likeness (QED) is 0.0230. The molecule has 0 aliphatic rings. The molecule has 0 saturated heterocycles. The molecule has 0 saturated carbocycles. The number of carbonyl (C=O) groups excluding carboxylic acids is 4. The third-order valence-electron chi connectivity index (χ3n) is 6.73. The van der Waals surface area contributed by atoms with Gasteiger partial charge in [-0.25, -0.2) is 10.1 Å². The van der Waals surface area contributed by atoms with E-state index in [1.807, 2.05) is 0 Å². The van der Waals surface area contributed by atoms with Crippen molar-refractivity contribution < 1.29 is 83.0 Å². The summed E-state index contributed by atoms with van der Waals surface area (Å²) in [6, 6.07) is 6.91. The molecule has 3 aromatic carbocycles. The summed E-state index contributed by atoms with van der Waals surface area (Å²) in [6.07, 6.45) is -13.6. The first-order chi connectivity index (χ1) is 27.6. The van der Waals surface area contributed by atoms with Crippen molar-refractivity contribution in [2.45, 2.75) is 64.2 Å². The molecular formula is C37H38Cl3F9N2O9. The lowest BCUT2D eigenvalue weighted by Gasteiger charge is -2.14. The van der Waals surface area contributed by atoms with Crippen LogP contribution in [0.3, 0.4) is 0 Å². The minimum absolute atomic E-state index is 0.0795. The van der Waals surface area contributed by atoms with Gasteiger partial charge in [0, 0.05) is 32.7 Å². The molecule has 0 amide bonds. The van der Waals surface area contributed by atoms with Crippen molar-refractivity contribution in [1.29, 1.82) is 0 Å². The monoisotopic (exact) mass is 930 g/mol. The number of aldehydes is 1. The molecule has 0 aliphatic heterocycles. The molecule has 60 heavy (non-hydrogen) atoms. The number of nitrogens with two attached hydrogens (primary N) is 2. The van der Waals surface area contributed by atoms with Gasteiger partial charge in [-0.05, 0) is 93.1 Å². The van der Waals surface area contributed by atoms with Crippen LogP contribution in [0.4, 0.5) is 39.5 Å². The molecule has 2 atom stereocenters. The number of ether oxygens (including phenoxy) is 3. The van der Waals surface area contributed by atoms with E-state index in [1.54, 1.807) is 20.8 Å². The number of halogens is 12. The van der Waals surface area contributed by atoms with Gasteiger partial charge in [-0.2, -0.15) is 39.5 Å². The topological polar surface area (TPSA) is 177 Å². The van der Waals surface area contributed by atoms with Crippen molar-refractivity contribution >= 4 is 59.0 Å². The maximum Gasteiger partial charge on any atom is 0.416 e. The number of rotatable bonds is 12. The summed E-state index contributed by atoms with van der Waals surface area (Å²) >= 11 is 16.6. The highest BCUT2D eigenvalue weighted by Crippen LogP contribution is 2.35. The van der Waals surface area contributed by atoms with Crippen molar-refractivity contribution in [2.24, 2.45) is 11.5 Å². The van der Waals surface area contributed by atoms with Crippen LogP contribution in [0.25, 0.3) is 0 Å². The fourth-order valence-corrected chi connectivity index (χ4v) is 4.84. The average molecular weight is 932 g/mol. The average Bonchev–Trinajstić information content (AvgIpc) is 3.13. The molecule has 0 aliphatic carbocycles. The number of benzene rings is 3. The van der Waals surface area contributed by atoms with Crippen LogP contribution in [0, 0.1) is 0 Å². The lowest BCUT2D eigenvalue weighted by Crippen LogP contribution is -2.18. The predicted molar refractivity (Wildman–Crippen MR) is 201 cm³/mol. The lowest BCUT2D eigenvalue weighted by molar-refractivity contribution is -0.211. The van der Waals surface area contributed by atoms with Crippen molar-refractivity contribution in [2.75, 3.05) is 19.8 Å². The van der Waals surface area contributed by atoms with E-state index in [-0.39, 0.29) is 64.4 Å². The second-order valence-electron chi connectivity index (χ2n) is 11.4. The van der Waals surface area contributed by atoms with E-state index in [4.69, 9.17) is 51.5 Å². The third kappa shape index (κ3) is 21.6. The molecule has 0 fully saturated rings. The Balaban J connectivity index is 0.000000803. The fraction of sp³-hybridized carbons (Fsp3) is 0.351. The number of esters is 3. The molecule has 3 aromatic rings. The zero-order chi connectivity index (χ0) is 46.6. The number of carbonyl (C=O) groups is 4. The minimum atomic E-state index is -4.51. The van der Waals surface area contributed by atoms with Gasteiger partial charge in [0.25, 0.3) is 0 Å². The van der Waals surface area contributed by atoms with Gasteiger partial charge in [0.15, 0.2) is 0 Å². The van der Waals surface area contributed by atoms with Crippen LogP contribution in [-0.2, 0) is 52.0 Å². The largest absolute Gasteiger partial charge is 0.466 e. The molecule has 334 valence electrons. The van der Waals surface area contributed by atoms with Crippen LogP contribution >= 0.6 is 34.8 Å². The van der Waals surface area contributed by atoms with Gasteiger partial charge in [-0.1, -0.05) is 34.8 Å². The Bertz CT molecular complexity index is 1810. The van der Waals surface area contributed by atoms with Gasteiger partial charge in [0.05, 0.1) is 49.4 Å². The Morgan fingerprint density at radius 2 is 0.967 bits per heavy atom. The molecular weight excluding hydrogens is 894 g/mol. The third-order valence-corrected chi connectivity index (χ3v) is 7.39. The van der Waals surface area contributed by atoms with Gasteiger partial charge in [-0.15, -0.1) is 0 Å². The first kappa shape index (κ1) is 55.4. The highest BCUT2D eigenvalue weighted by atomic mass is 35.5. The van der Waals surface area contributed by atoms with Crippen LogP contribution in [0.15, 0.2) is 66.9 Å². The number of hydrogen-bond donors (Lipinski definition) is 3. The Labute approximate surface area is 352 Å². The highest BCUT2D eigenvalue weighted by molar-refractivity contribution is 6.31. The van der Waals surface area contributed by atoms with E-state index in [2.05, 4.69) is 25.7 Å². The fourth-order valence-electron chi connectivity index (χ4n) is 4.11. The van der Waals surface area contributed by atoms with E-state index < -0.39 is 71.0 Å². The van der Waals surface area contributed by atoms with E-state index in [9.17, 15) is 58.7 Å². The van der Waals surface area contributed by atoms with Crippen LogP contribution in [-0.4, -0.2) is 49.3 Å². The maximum absolute atomic E-state index is 12.6. The van der Waals surface area contributed by atoms with Crippen LogP contribution in [0.1, 0.15) is 83.9 Å². The molecule has 3 rings (SSSR count). The predicted octanol–water partition coefficient (Wildman–Crippen LogP) is 10.3.